The van der Waals surface area contributed by atoms with Gasteiger partial charge in [0.2, 0.25) is 0 Å². The van der Waals surface area contributed by atoms with Crippen molar-refractivity contribution in [3.63, 3.8) is 0 Å². The van der Waals surface area contributed by atoms with Crippen LogP contribution in [0.25, 0.3) is 142 Å². The summed E-state index contributed by atoms with van der Waals surface area (Å²) in [5.74, 6) is 0. The van der Waals surface area contributed by atoms with E-state index in [4.69, 9.17) is 9.97 Å². The average Bonchev–Trinajstić information content (AvgIpc) is 3.79. The molecule has 12 aromatic rings. The number of aromatic nitrogens is 2. The maximum absolute atomic E-state index is 4.87. The van der Waals surface area contributed by atoms with Crippen LogP contribution in [0, 0.1) is 0 Å². The van der Waals surface area contributed by atoms with Gasteiger partial charge in [-0.3, -0.25) is 9.97 Å². The first kappa shape index (κ1) is 30.5. The Bertz CT molecular complexity index is 3610. The van der Waals surface area contributed by atoms with E-state index in [0.29, 0.717) is 0 Å². The molecule has 0 aliphatic heterocycles. The molecule has 14 rings (SSSR count). The van der Waals surface area contributed by atoms with Gasteiger partial charge in [-0.05, 0) is 157 Å². The van der Waals surface area contributed by atoms with E-state index < -0.39 is 0 Å². The highest BCUT2D eigenvalue weighted by molar-refractivity contribution is 6.30. The molecule has 58 heavy (non-hydrogen) atoms. The van der Waals surface area contributed by atoms with Gasteiger partial charge in [0.25, 0.3) is 0 Å². The second-order valence-corrected chi connectivity index (χ2v) is 16.0. The number of benzene rings is 10. The van der Waals surface area contributed by atoms with Crippen molar-refractivity contribution in [1.29, 1.82) is 0 Å². The van der Waals surface area contributed by atoms with Gasteiger partial charge < -0.3 is 0 Å². The molecule has 0 atom stereocenters. The Morgan fingerprint density at radius 1 is 0.241 bits per heavy atom. The lowest BCUT2D eigenvalue weighted by atomic mass is 9.87. The van der Waals surface area contributed by atoms with Crippen LogP contribution in [-0.2, 0) is 0 Å². The molecule has 0 unspecified atom stereocenters. The van der Waals surface area contributed by atoms with Crippen LogP contribution in [0.3, 0.4) is 0 Å². The molecule has 2 aliphatic rings. The van der Waals surface area contributed by atoms with Gasteiger partial charge in [-0.2, -0.15) is 0 Å². The Morgan fingerprint density at radius 2 is 0.655 bits per heavy atom. The molecular weight excluding hydrogens is 701 g/mol. The molecule has 0 saturated carbocycles. The standard InChI is InChI=1S/C56H30N2/c1-3-11-37-35(9-1)45(27-49-41-15-5-13-39-43-17-7-23-57-55(43)51(53(39)41)29-47(37)49)32-21-19-31-20-22-33(26-34(31)25-32)46-28-50-42-16-6-14-40-44-18-8-24-58-56(44)52(54(40)42)30-48(50)38-12-4-2-10-36(38)46/h1-30H. The fourth-order valence-corrected chi connectivity index (χ4v) is 10.7. The maximum Gasteiger partial charge on any atom is 0.0787 e. The van der Waals surface area contributed by atoms with Gasteiger partial charge in [0.15, 0.2) is 0 Å². The zero-order valence-electron chi connectivity index (χ0n) is 31.2. The quantitative estimate of drug-likeness (QED) is 0.166. The van der Waals surface area contributed by atoms with Crippen molar-refractivity contribution in [3.05, 3.63) is 182 Å². The van der Waals surface area contributed by atoms with Crippen molar-refractivity contribution < 1.29 is 0 Å². The van der Waals surface area contributed by atoms with Crippen molar-refractivity contribution in [2.45, 2.75) is 0 Å². The van der Waals surface area contributed by atoms with Crippen LogP contribution in [0.5, 0.6) is 0 Å². The highest BCUT2D eigenvalue weighted by Gasteiger charge is 2.26. The minimum Gasteiger partial charge on any atom is -0.256 e. The van der Waals surface area contributed by atoms with E-state index in [1.54, 1.807) is 0 Å². The third-order valence-electron chi connectivity index (χ3n) is 13.2. The first-order valence-electron chi connectivity index (χ1n) is 20.1. The molecule has 2 heteroatoms. The van der Waals surface area contributed by atoms with E-state index in [1.165, 1.54) is 131 Å². The maximum atomic E-state index is 4.87. The number of rotatable bonds is 2. The highest BCUT2D eigenvalue weighted by atomic mass is 14.7. The third-order valence-corrected chi connectivity index (χ3v) is 13.2. The molecule has 0 spiro atoms. The lowest BCUT2D eigenvalue weighted by Crippen LogP contribution is -1.89. The van der Waals surface area contributed by atoms with Gasteiger partial charge in [-0.1, -0.05) is 121 Å². The Morgan fingerprint density at radius 3 is 1.16 bits per heavy atom. The van der Waals surface area contributed by atoms with Crippen molar-refractivity contribution in [1.82, 2.24) is 9.97 Å². The fourth-order valence-electron chi connectivity index (χ4n) is 10.7. The monoisotopic (exact) mass is 730 g/mol. The van der Waals surface area contributed by atoms with Crippen molar-refractivity contribution in [2.24, 2.45) is 0 Å². The molecule has 2 aliphatic carbocycles. The minimum absolute atomic E-state index is 1.08. The summed E-state index contributed by atoms with van der Waals surface area (Å²) in [4.78, 5) is 9.74. The number of fused-ring (bicyclic) bond motifs is 15. The molecule has 2 nitrogen and oxygen atoms in total. The Balaban J connectivity index is 0.991. The average molecular weight is 731 g/mol. The Kier molecular flexibility index (Phi) is 5.79. The first-order valence-corrected chi connectivity index (χ1v) is 20.1. The van der Waals surface area contributed by atoms with Crippen LogP contribution < -0.4 is 0 Å². The number of hydrogen-bond donors (Lipinski definition) is 0. The lowest BCUT2D eigenvalue weighted by molar-refractivity contribution is 1.35. The summed E-state index contributed by atoms with van der Waals surface area (Å²) >= 11 is 0. The molecule has 264 valence electrons. The molecule has 10 aromatic carbocycles. The van der Waals surface area contributed by atoms with Crippen LogP contribution >= 0.6 is 0 Å². The summed E-state index contributed by atoms with van der Waals surface area (Å²) in [6.45, 7) is 0. The normalized spacial score (nSPS) is 12.5. The third kappa shape index (κ3) is 3.91. The van der Waals surface area contributed by atoms with Gasteiger partial charge in [0, 0.05) is 34.6 Å². The van der Waals surface area contributed by atoms with E-state index in [0.717, 1.165) is 11.4 Å². The van der Waals surface area contributed by atoms with Gasteiger partial charge in [-0.25, -0.2) is 0 Å². The molecule has 0 bridgehead atoms. The molecule has 0 fully saturated rings. The predicted molar refractivity (Wildman–Crippen MR) is 244 cm³/mol. The molecular formula is C56H30N2. The smallest absolute Gasteiger partial charge is 0.0787 e. The number of pyridine rings is 2. The SMILES string of the molecule is c1cnc2c(c1)-c1cccc3c1c-2cc1c2ccccc2c(-c2ccc4ccc(-c5cc6c7cccc8c7c(cc6c6ccccc56)-c5ncccc5-8)cc4c2)cc31. The number of nitrogens with zero attached hydrogens (tertiary/aromatic N) is 2. The van der Waals surface area contributed by atoms with Gasteiger partial charge >= 0.3 is 0 Å². The summed E-state index contributed by atoms with van der Waals surface area (Å²) in [6, 6.07) is 63.4. The Labute approximate surface area is 333 Å². The summed E-state index contributed by atoms with van der Waals surface area (Å²) in [5.41, 5.74) is 14.5. The molecule has 0 N–H and O–H groups in total. The molecule has 0 amide bonds. The van der Waals surface area contributed by atoms with Crippen LogP contribution in [0.1, 0.15) is 0 Å². The van der Waals surface area contributed by atoms with Gasteiger partial charge in [0.05, 0.1) is 11.4 Å². The lowest BCUT2D eigenvalue weighted by Gasteiger charge is -2.16. The zero-order valence-corrected chi connectivity index (χ0v) is 31.2. The van der Waals surface area contributed by atoms with Crippen LogP contribution in [0.4, 0.5) is 0 Å². The largest absolute Gasteiger partial charge is 0.256 e. The van der Waals surface area contributed by atoms with Crippen molar-refractivity contribution in [3.8, 4) is 67.0 Å². The summed E-state index contributed by atoms with van der Waals surface area (Å²) in [7, 11) is 0. The molecule has 2 heterocycles. The van der Waals surface area contributed by atoms with E-state index >= 15 is 0 Å². The first-order chi connectivity index (χ1) is 28.8. The molecule has 0 saturated heterocycles. The van der Waals surface area contributed by atoms with E-state index in [9.17, 15) is 0 Å². The predicted octanol–water partition coefficient (Wildman–Crippen LogP) is 15.2. The second kappa shape index (κ2) is 11.0. The van der Waals surface area contributed by atoms with Crippen LogP contribution in [0.15, 0.2) is 182 Å². The van der Waals surface area contributed by atoms with Gasteiger partial charge in [-0.15, -0.1) is 0 Å². The number of hydrogen-bond acceptors (Lipinski definition) is 2. The fraction of sp³-hybridized carbons (Fsp3) is 0. The van der Waals surface area contributed by atoms with Crippen LogP contribution in [0.2, 0.25) is 0 Å². The highest BCUT2D eigenvalue weighted by Crippen LogP contribution is 2.52. The van der Waals surface area contributed by atoms with Gasteiger partial charge in [0.1, 0.15) is 0 Å². The van der Waals surface area contributed by atoms with Crippen LogP contribution in [-0.4, -0.2) is 9.97 Å². The summed E-state index contributed by atoms with van der Waals surface area (Å²) in [5, 5.41) is 17.8. The van der Waals surface area contributed by atoms with E-state index in [-0.39, 0.29) is 0 Å². The summed E-state index contributed by atoms with van der Waals surface area (Å²) in [6.07, 6.45) is 3.83. The Hall–Kier alpha value is -7.68. The zero-order chi connectivity index (χ0) is 37.6. The van der Waals surface area contributed by atoms with E-state index in [2.05, 4.69) is 158 Å². The molecule has 0 radical (unpaired) electrons. The second-order valence-electron chi connectivity index (χ2n) is 16.0. The van der Waals surface area contributed by atoms with E-state index in [1.807, 2.05) is 24.5 Å². The van der Waals surface area contributed by atoms with Crippen molar-refractivity contribution in [2.75, 3.05) is 0 Å². The topological polar surface area (TPSA) is 25.8 Å². The van der Waals surface area contributed by atoms with Crippen molar-refractivity contribution >= 4 is 75.4 Å². The summed E-state index contributed by atoms with van der Waals surface area (Å²) < 4.78 is 0. The minimum atomic E-state index is 1.08. The molecule has 2 aromatic heterocycles.